The molecule has 0 bridgehead atoms. The second-order valence-corrected chi connectivity index (χ2v) is 5.32. The second kappa shape index (κ2) is 6.15. The molecule has 3 N–H and O–H groups in total. The summed E-state index contributed by atoms with van der Waals surface area (Å²) in [6, 6.07) is 5.39. The van der Waals surface area contributed by atoms with Crippen molar-refractivity contribution in [2.75, 3.05) is 5.32 Å². The Morgan fingerprint density at radius 1 is 1.41 bits per heavy atom. The standard InChI is InChI=1S/C15H19N5O2/c1-3-13(14-17-9(2)22-20-14)19-15(21)18-12-5-4-10-7-16-8-11(10)6-12/h4-6,13,16H,3,7-8H2,1-2H3,(H2,18,19,21). The second-order valence-electron chi connectivity index (χ2n) is 5.32. The highest BCUT2D eigenvalue weighted by atomic mass is 16.5. The number of aromatic nitrogens is 2. The normalized spacial score (nSPS) is 14.5. The Morgan fingerprint density at radius 3 is 2.95 bits per heavy atom. The van der Waals surface area contributed by atoms with Gasteiger partial charge in [-0.2, -0.15) is 4.98 Å². The number of aryl methyl sites for hydroxylation is 1. The fourth-order valence-corrected chi connectivity index (χ4v) is 2.50. The largest absolute Gasteiger partial charge is 0.340 e. The third kappa shape index (κ3) is 3.09. The van der Waals surface area contributed by atoms with Crippen molar-refractivity contribution >= 4 is 11.7 Å². The predicted molar refractivity (Wildman–Crippen MR) is 81.2 cm³/mol. The number of nitrogens with zero attached hydrogens (tertiary/aromatic N) is 2. The summed E-state index contributed by atoms with van der Waals surface area (Å²) < 4.78 is 4.96. The molecule has 2 heterocycles. The number of nitrogens with one attached hydrogen (secondary N) is 3. The van der Waals surface area contributed by atoms with Crippen LogP contribution in [0.2, 0.25) is 0 Å². The molecule has 7 heteroatoms. The maximum absolute atomic E-state index is 12.1. The van der Waals surface area contributed by atoms with Gasteiger partial charge in [-0.1, -0.05) is 18.1 Å². The van der Waals surface area contributed by atoms with Crippen LogP contribution in [0.4, 0.5) is 10.5 Å². The molecule has 0 aliphatic carbocycles. The lowest BCUT2D eigenvalue weighted by molar-refractivity contribution is 0.247. The van der Waals surface area contributed by atoms with Gasteiger partial charge in [0.05, 0.1) is 6.04 Å². The Labute approximate surface area is 128 Å². The number of carbonyl (C=O) groups is 1. The van der Waals surface area contributed by atoms with Gasteiger partial charge in [-0.3, -0.25) is 0 Å². The Balaban J connectivity index is 1.64. The van der Waals surface area contributed by atoms with E-state index in [4.69, 9.17) is 4.52 Å². The summed E-state index contributed by atoms with van der Waals surface area (Å²) in [7, 11) is 0. The van der Waals surface area contributed by atoms with E-state index in [0.29, 0.717) is 18.1 Å². The number of amides is 2. The van der Waals surface area contributed by atoms with Crippen molar-refractivity contribution in [1.29, 1.82) is 0 Å². The summed E-state index contributed by atoms with van der Waals surface area (Å²) in [5.41, 5.74) is 3.28. The van der Waals surface area contributed by atoms with Gasteiger partial charge >= 0.3 is 6.03 Å². The minimum Gasteiger partial charge on any atom is -0.340 e. The molecule has 116 valence electrons. The number of urea groups is 1. The van der Waals surface area contributed by atoms with Crippen molar-refractivity contribution in [3.63, 3.8) is 0 Å². The topological polar surface area (TPSA) is 92.1 Å². The van der Waals surface area contributed by atoms with Crippen LogP contribution < -0.4 is 16.0 Å². The van der Waals surface area contributed by atoms with E-state index >= 15 is 0 Å². The first-order valence-corrected chi connectivity index (χ1v) is 7.36. The van der Waals surface area contributed by atoms with E-state index in [1.165, 1.54) is 11.1 Å². The Hall–Kier alpha value is -2.41. The SMILES string of the molecule is CCC(NC(=O)Nc1ccc2c(c1)CNC2)c1noc(C)n1. The minimum absolute atomic E-state index is 0.270. The van der Waals surface area contributed by atoms with Gasteiger partial charge < -0.3 is 20.5 Å². The molecule has 0 radical (unpaired) electrons. The average molecular weight is 301 g/mol. The maximum Gasteiger partial charge on any atom is 0.319 e. The van der Waals surface area contributed by atoms with Gasteiger partial charge in [-0.05, 0) is 29.7 Å². The van der Waals surface area contributed by atoms with E-state index in [0.717, 1.165) is 18.8 Å². The van der Waals surface area contributed by atoms with Crippen LogP contribution in [-0.4, -0.2) is 16.2 Å². The zero-order valence-electron chi connectivity index (χ0n) is 12.6. The third-order valence-corrected chi connectivity index (χ3v) is 3.66. The molecule has 3 rings (SSSR count). The molecule has 7 nitrogen and oxygen atoms in total. The Bertz CT molecular complexity index is 682. The molecule has 1 aliphatic rings. The van der Waals surface area contributed by atoms with E-state index in [2.05, 4.69) is 26.1 Å². The molecular formula is C15H19N5O2. The van der Waals surface area contributed by atoms with Gasteiger partial charge in [-0.15, -0.1) is 0 Å². The van der Waals surface area contributed by atoms with Crippen LogP contribution in [0, 0.1) is 6.92 Å². The van der Waals surface area contributed by atoms with E-state index in [-0.39, 0.29) is 12.1 Å². The van der Waals surface area contributed by atoms with E-state index in [9.17, 15) is 4.79 Å². The molecular weight excluding hydrogens is 282 g/mol. The van der Waals surface area contributed by atoms with Gasteiger partial charge in [0.25, 0.3) is 0 Å². The van der Waals surface area contributed by atoms with Crippen molar-refractivity contribution in [3.8, 4) is 0 Å². The highest BCUT2D eigenvalue weighted by Crippen LogP contribution is 2.20. The van der Waals surface area contributed by atoms with Crippen molar-refractivity contribution in [2.24, 2.45) is 0 Å². The molecule has 0 saturated carbocycles. The molecule has 1 aliphatic heterocycles. The number of hydrogen-bond acceptors (Lipinski definition) is 5. The van der Waals surface area contributed by atoms with Crippen LogP contribution in [0.15, 0.2) is 22.7 Å². The monoisotopic (exact) mass is 301 g/mol. The molecule has 0 spiro atoms. The lowest BCUT2D eigenvalue weighted by Gasteiger charge is -2.14. The smallest absolute Gasteiger partial charge is 0.319 e. The molecule has 1 atom stereocenters. The predicted octanol–water partition coefficient (Wildman–Crippen LogP) is 2.25. The highest BCUT2D eigenvalue weighted by Gasteiger charge is 2.18. The fraction of sp³-hybridized carbons (Fsp3) is 0.400. The number of carbonyl (C=O) groups excluding carboxylic acids is 1. The van der Waals surface area contributed by atoms with E-state index in [1.54, 1.807) is 6.92 Å². The molecule has 0 saturated heterocycles. The van der Waals surface area contributed by atoms with Crippen molar-refractivity contribution < 1.29 is 9.32 Å². The maximum atomic E-state index is 12.1. The van der Waals surface area contributed by atoms with E-state index in [1.807, 2.05) is 25.1 Å². The van der Waals surface area contributed by atoms with Crippen LogP contribution in [-0.2, 0) is 13.1 Å². The zero-order chi connectivity index (χ0) is 15.5. The van der Waals surface area contributed by atoms with E-state index < -0.39 is 0 Å². The van der Waals surface area contributed by atoms with Crippen molar-refractivity contribution in [3.05, 3.63) is 41.0 Å². The third-order valence-electron chi connectivity index (χ3n) is 3.66. The van der Waals surface area contributed by atoms with Crippen LogP contribution in [0.25, 0.3) is 0 Å². The molecule has 2 aromatic rings. The summed E-state index contributed by atoms with van der Waals surface area (Å²) in [5.74, 6) is 0.982. The lowest BCUT2D eigenvalue weighted by atomic mass is 10.1. The number of hydrogen-bond donors (Lipinski definition) is 3. The van der Waals surface area contributed by atoms with Crippen LogP contribution in [0.3, 0.4) is 0 Å². The molecule has 2 amide bonds. The summed E-state index contributed by atoms with van der Waals surface area (Å²) in [6.07, 6.45) is 0.681. The quantitative estimate of drug-likeness (QED) is 0.805. The van der Waals surface area contributed by atoms with Gasteiger partial charge in [0.15, 0.2) is 5.82 Å². The van der Waals surface area contributed by atoms with Crippen LogP contribution in [0.1, 0.15) is 42.2 Å². The zero-order valence-corrected chi connectivity index (χ0v) is 12.6. The Kier molecular flexibility index (Phi) is 4.06. The summed E-state index contributed by atoms with van der Waals surface area (Å²) in [5, 5.41) is 12.8. The number of rotatable bonds is 4. The summed E-state index contributed by atoms with van der Waals surface area (Å²) in [4.78, 5) is 16.3. The fourth-order valence-electron chi connectivity index (χ4n) is 2.50. The number of benzene rings is 1. The molecule has 0 fully saturated rings. The van der Waals surface area contributed by atoms with Crippen molar-refractivity contribution in [2.45, 2.75) is 39.4 Å². The molecule has 1 aromatic heterocycles. The first-order chi connectivity index (χ1) is 10.7. The summed E-state index contributed by atoms with van der Waals surface area (Å²) in [6.45, 7) is 5.41. The van der Waals surface area contributed by atoms with Crippen LogP contribution in [0.5, 0.6) is 0 Å². The first kappa shape index (κ1) is 14.5. The van der Waals surface area contributed by atoms with Gasteiger partial charge in [-0.25, -0.2) is 4.79 Å². The Morgan fingerprint density at radius 2 is 2.23 bits per heavy atom. The van der Waals surface area contributed by atoms with Gasteiger partial charge in [0, 0.05) is 25.7 Å². The average Bonchev–Trinajstić information content (AvgIpc) is 3.13. The van der Waals surface area contributed by atoms with Gasteiger partial charge in [0.1, 0.15) is 0 Å². The number of fused-ring (bicyclic) bond motifs is 1. The lowest BCUT2D eigenvalue weighted by Crippen LogP contribution is -2.32. The number of anilines is 1. The first-order valence-electron chi connectivity index (χ1n) is 7.36. The van der Waals surface area contributed by atoms with Gasteiger partial charge in [0.2, 0.25) is 5.89 Å². The summed E-state index contributed by atoms with van der Waals surface area (Å²) >= 11 is 0. The van der Waals surface area contributed by atoms with Crippen LogP contribution >= 0.6 is 0 Å². The molecule has 1 aromatic carbocycles. The molecule has 22 heavy (non-hydrogen) atoms. The molecule has 1 unspecified atom stereocenters. The minimum atomic E-state index is -0.278. The van der Waals surface area contributed by atoms with Crippen molar-refractivity contribution in [1.82, 2.24) is 20.8 Å². The highest BCUT2D eigenvalue weighted by molar-refractivity contribution is 5.89.